The van der Waals surface area contributed by atoms with Gasteiger partial charge in [-0.3, -0.25) is 0 Å². The number of imidazole rings is 1. The van der Waals surface area contributed by atoms with Gasteiger partial charge in [0.05, 0.1) is 17.4 Å². The van der Waals surface area contributed by atoms with E-state index in [2.05, 4.69) is 28.4 Å². The Morgan fingerprint density at radius 2 is 2.15 bits per heavy atom. The zero-order chi connectivity index (χ0) is 14.3. The molecule has 3 rings (SSSR count). The van der Waals surface area contributed by atoms with Crippen LogP contribution in [0, 0.1) is 5.92 Å². The van der Waals surface area contributed by atoms with Crippen LogP contribution in [0.4, 0.5) is 5.82 Å². The standard InChI is InChI=1S/C15H17ClN4/c1-9(2)7-20-8-18-13-14(20)12-10(6-16)4-3-5-11(12)19-15(13)17/h3-5,8-9H,6-7H2,1-2H3,(H2,17,19). The molecule has 2 N–H and O–H groups in total. The number of fused-ring (bicyclic) bond motifs is 3. The number of nitrogen functional groups attached to an aromatic ring is 1. The first-order chi connectivity index (χ1) is 9.61. The topological polar surface area (TPSA) is 56.7 Å². The molecule has 4 nitrogen and oxygen atoms in total. The Bertz CT molecular complexity index is 776. The molecule has 0 aliphatic rings. The Labute approximate surface area is 122 Å². The van der Waals surface area contributed by atoms with E-state index in [4.69, 9.17) is 17.3 Å². The lowest BCUT2D eigenvalue weighted by Gasteiger charge is -2.11. The van der Waals surface area contributed by atoms with Crippen LogP contribution in [0.25, 0.3) is 21.9 Å². The number of rotatable bonds is 3. The van der Waals surface area contributed by atoms with E-state index >= 15 is 0 Å². The smallest absolute Gasteiger partial charge is 0.152 e. The van der Waals surface area contributed by atoms with Gasteiger partial charge >= 0.3 is 0 Å². The number of hydrogen-bond donors (Lipinski definition) is 1. The lowest BCUT2D eigenvalue weighted by Crippen LogP contribution is -2.04. The van der Waals surface area contributed by atoms with E-state index in [-0.39, 0.29) is 0 Å². The van der Waals surface area contributed by atoms with Crippen LogP contribution in [0.2, 0.25) is 0 Å². The highest BCUT2D eigenvalue weighted by atomic mass is 35.5. The van der Waals surface area contributed by atoms with Crippen LogP contribution in [0.15, 0.2) is 24.5 Å². The number of benzene rings is 1. The summed E-state index contributed by atoms with van der Waals surface area (Å²) in [4.78, 5) is 8.88. The molecule has 5 heteroatoms. The van der Waals surface area contributed by atoms with Gasteiger partial charge < -0.3 is 10.3 Å². The van der Waals surface area contributed by atoms with Crippen LogP contribution in [-0.2, 0) is 12.4 Å². The average Bonchev–Trinajstić information content (AvgIpc) is 2.82. The maximum atomic E-state index is 6.08. The minimum Gasteiger partial charge on any atom is -0.382 e. The molecule has 0 fully saturated rings. The van der Waals surface area contributed by atoms with Crippen molar-refractivity contribution in [1.29, 1.82) is 0 Å². The number of hydrogen-bond acceptors (Lipinski definition) is 3. The Hall–Kier alpha value is -1.81. The third-order valence-electron chi connectivity index (χ3n) is 3.39. The quantitative estimate of drug-likeness (QED) is 0.750. The number of alkyl halides is 1. The number of aromatic nitrogens is 3. The summed E-state index contributed by atoms with van der Waals surface area (Å²) in [6.45, 7) is 5.26. The molecular weight excluding hydrogens is 272 g/mol. The van der Waals surface area contributed by atoms with Crippen LogP contribution in [0.1, 0.15) is 19.4 Å². The zero-order valence-corrected chi connectivity index (χ0v) is 12.4. The highest BCUT2D eigenvalue weighted by Crippen LogP contribution is 2.30. The van der Waals surface area contributed by atoms with Crippen LogP contribution >= 0.6 is 11.6 Å². The van der Waals surface area contributed by atoms with Crippen molar-refractivity contribution < 1.29 is 0 Å². The lowest BCUT2D eigenvalue weighted by atomic mass is 10.1. The maximum Gasteiger partial charge on any atom is 0.152 e. The molecule has 0 unspecified atom stereocenters. The molecule has 20 heavy (non-hydrogen) atoms. The van der Waals surface area contributed by atoms with Gasteiger partial charge in [-0.05, 0) is 17.5 Å². The van der Waals surface area contributed by atoms with Gasteiger partial charge in [-0.25, -0.2) is 9.97 Å². The maximum absolute atomic E-state index is 6.08. The second kappa shape index (κ2) is 4.94. The van der Waals surface area contributed by atoms with Gasteiger partial charge in [0.15, 0.2) is 5.82 Å². The minimum atomic E-state index is 0.449. The molecule has 0 spiro atoms. The number of pyridine rings is 1. The number of nitrogens with two attached hydrogens (primary N) is 1. The van der Waals surface area contributed by atoms with E-state index in [9.17, 15) is 0 Å². The minimum absolute atomic E-state index is 0.449. The fourth-order valence-corrected chi connectivity index (χ4v) is 2.83. The van der Waals surface area contributed by atoms with Crippen LogP contribution in [0.3, 0.4) is 0 Å². The van der Waals surface area contributed by atoms with Crippen molar-refractivity contribution >= 4 is 39.4 Å². The molecule has 1 aromatic carbocycles. The van der Waals surface area contributed by atoms with Gasteiger partial charge in [0.2, 0.25) is 0 Å². The van der Waals surface area contributed by atoms with Crippen molar-refractivity contribution in [1.82, 2.24) is 14.5 Å². The average molecular weight is 289 g/mol. The fourth-order valence-electron chi connectivity index (χ4n) is 2.61. The Balaban J connectivity index is 2.44. The zero-order valence-electron chi connectivity index (χ0n) is 11.6. The van der Waals surface area contributed by atoms with Gasteiger partial charge in [-0.15, -0.1) is 11.6 Å². The van der Waals surface area contributed by atoms with E-state index in [1.807, 2.05) is 24.5 Å². The predicted octanol–water partition coefficient (Wildman–Crippen LogP) is 3.56. The molecule has 0 radical (unpaired) electrons. The predicted molar refractivity (Wildman–Crippen MR) is 83.8 cm³/mol. The molecule has 0 amide bonds. The van der Waals surface area contributed by atoms with Gasteiger partial charge in [0.1, 0.15) is 5.52 Å². The Morgan fingerprint density at radius 1 is 1.35 bits per heavy atom. The monoisotopic (exact) mass is 288 g/mol. The largest absolute Gasteiger partial charge is 0.382 e. The molecule has 2 aromatic heterocycles. The first kappa shape index (κ1) is 13.2. The second-order valence-corrected chi connectivity index (χ2v) is 5.70. The molecule has 0 aliphatic heterocycles. The number of nitrogens with zero attached hydrogens (tertiary/aromatic N) is 3. The van der Waals surface area contributed by atoms with E-state index in [1.165, 1.54) is 0 Å². The van der Waals surface area contributed by atoms with Crippen LogP contribution < -0.4 is 5.73 Å². The van der Waals surface area contributed by atoms with Gasteiger partial charge in [0, 0.05) is 17.8 Å². The first-order valence-corrected chi connectivity index (χ1v) is 7.23. The SMILES string of the molecule is CC(C)Cn1cnc2c(N)nc3cccc(CCl)c3c21. The van der Waals surface area contributed by atoms with Crippen LogP contribution in [-0.4, -0.2) is 14.5 Å². The fraction of sp³-hybridized carbons (Fsp3) is 0.333. The number of halogens is 1. The van der Waals surface area contributed by atoms with E-state index in [0.29, 0.717) is 17.6 Å². The normalized spacial score (nSPS) is 11.8. The summed E-state index contributed by atoms with van der Waals surface area (Å²) in [5.41, 5.74) is 9.77. The molecule has 0 saturated carbocycles. The van der Waals surface area contributed by atoms with E-state index < -0.39 is 0 Å². The van der Waals surface area contributed by atoms with Crippen molar-refractivity contribution in [3.05, 3.63) is 30.1 Å². The molecule has 104 valence electrons. The molecular formula is C15H17ClN4. The van der Waals surface area contributed by atoms with E-state index in [0.717, 1.165) is 34.0 Å². The van der Waals surface area contributed by atoms with Gasteiger partial charge in [-0.2, -0.15) is 0 Å². The number of anilines is 1. The summed E-state index contributed by atoms with van der Waals surface area (Å²) >= 11 is 6.08. The van der Waals surface area contributed by atoms with Crippen LogP contribution in [0.5, 0.6) is 0 Å². The van der Waals surface area contributed by atoms with E-state index in [1.54, 1.807) is 0 Å². The molecule has 0 saturated heterocycles. The van der Waals surface area contributed by atoms with Crippen molar-refractivity contribution in [2.24, 2.45) is 5.92 Å². The van der Waals surface area contributed by atoms with Crippen molar-refractivity contribution in [3.8, 4) is 0 Å². The molecule has 0 bridgehead atoms. The summed E-state index contributed by atoms with van der Waals surface area (Å²) in [6, 6.07) is 5.95. The second-order valence-electron chi connectivity index (χ2n) is 5.43. The summed E-state index contributed by atoms with van der Waals surface area (Å²) in [7, 11) is 0. The van der Waals surface area contributed by atoms with Crippen molar-refractivity contribution in [3.63, 3.8) is 0 Å². The lowest BCUT2D eigenvalue weighted by molar-refractivity contribution is 0.533. The highest BCUT2D eigenvalue weighted by Gasteiger charge is 2.15. The third kappa shape index (κ3) is 2.00. The molecule has 3 aromatic rings. The first-order valence-electron chi connectivity index (χ1n) is 6.69. The summed E-state index contributed by atoms with van der Waals surface area (Å²) in [5.74, 6) is 1.45. The summed E-state index contributed by atoms with van der Waals surface area (Å²) in [5, 5.41) is 1.06. The molecule has 0 atom stereocenters. The Morgan fingerprint density at radius 3 is 2.85 bits per heavy atom. The van der Waals surface area contributed by atoms with Crippen molar-refractivity contribution in [2.45, 2.75) is 26.3 Å². The third-order valence-corrected chi connectivity index (χ3v) is 3.68. The molecule has 2 heterocycles. The van der Waals surface area contributed by atoms with Gasteiger partial charge in [-0.1, -0.05) is 26.0 Å². The summed E-state index contributed by atoms with van der Waals surface area (Å²) in [6.07, 6.45) is 1.84. The van der Waals surface area contributed by atoms with Gasteiger partial charge in [0.25, 0.3) is 0 Å². The summed E-state index contributed by atoms with van der Waals surface area (Å²) < 4.78 is 2.15. The highest BCUT2D eigenvalue weighted by molar-refractivity contribution is 6.19. The van der Waals surface area contributed by atoms with Crippen molar-refractivity contribution in [2.75, 3.05) is 5.73 Å². The molecule has 0 aliphatic carbocycles. The Kier molecular flexibility index (Phi) is 3.26.